The molecule has 4 heteroatoms. The SMILES string of the molecule is CNCC(C)CNC(=O)Cc1ccccc1O. The van der Waals surface area contributed by atoms with Crippen LogP contribution in [0.25, 0.3) is 0 Å². The molecule has 0 aliphatic rings. The number of benzene rings is 1. The van der Waals surface area contributed by atoms with Crippen molar-refractivity contribution in [1.29, 1.82) is 0 Å². The van der Waals surface area contributed by atoms with Gasteiger partial charge in [-0.25, -0.2) is 0 Å². The Labute approximate surface area is 102 Å². The summed E-state index contributed by atoms with van der Waals surface area (Å²) < 4.78 is 0. The van der Waals surface area contributed by atoms with Gasteiger partial charge in [-0.3, -0.25) is 4.79 Å². The zero-order chi connectivity index (χ0) is 12.7. The normalized spacial score (nSPS) is 12.1. The van der Waals surface area contributed by atoms with Crippen molar-refractivity contribution >= 4 is 5.91 Å². The average molecular weight is 236 g/mol. The summed E-state index contributed by atoms with van der Waals surface area (Å²) in [7, 11) is 1.89. The Balaban J connectivity index is 2.37. The molecule has 1 unspecified atom stereocenters. The predicted octanol–water partition coefficient (Wildman–Crippen LogP) is 0.906. The topological polar surface area (TPSA) is 61.4 Å². The minimum absolute atomic E-state index is 0.0607. The van der Waals surface area contributed by atoms with Crippen LogP contribution < -0.4 is 10.6 Å². The van der Waals surface area contributed by atoms with Crippen molar-refractivity contribution in [2.75, 3.05) is 20.1 Å². The van der Waals surface area contributed by atoms with Gasteiger partial charge in [-0.1, -0.05) is 25.1 Å². The van der Waals surface area contributed by atoms with E-state index in [0.29, 0.717) is 18.0 Å². The summed E-state index contributed by atoms with van der Waals surface area (Å²) in [5.41, 5.74) is 0.659. The average Bonchev–Trinajstić information content (AvgIpc) is 2.30. The lowest BCUT2D eigenvalue weighted by Crippen LogP contribution is -2.33. The number of aromatic hydroxyl groups is 1. The summed E-state index contributed by atoms with van der Waals surface area (Å²) in [5, 5.41) is 15.4. The molecule has 0 saturated heterocycles. The highest BCUT2D eigenvalue weighted by atomic mass is 16.3. The van der Waals surface area contributed by atoms with E-state index in [1.165, 1.54) is 0 Å². The Morgan fingerprint density at radius 2 is 2.06 bits per heavy atom. The molecule has 1 atom stereocenters. The van der Waals surface area contributed by atoms with Gasteiger partial charge in [-0.2, -0.15) is 0 Å². The maximum atomic E-state index is 11.6. The molecular formula is C13H20N2O2. The number of carbonyl (C=O) groups is 1. The molecule has 0 aliphatic heterocycles. The first kappa shape index (κ1) is 13.5. The van der Waals surface area contributed by atoms with Crippen molar-refractivity contribution in [1.82, 2.24) is 10.6 Å². The molecule has 1 aromatic rings. The second-order valence-electron chi connectivity index (χ2n) is 4.27. The van der Waals surface area contributed by atoms with Crippen LogP contribution in [-0.2, 0) is 11.2 Å². The molecule has 0 aromatic heterocycles. The van der Waals surface area contributed by atoms with Gasteiger partial charge < -0.3 is 15.7 Å². The van der Waals surface area contributed by atoms with Crippen molar-refractivity contribution in [3.63, 3.8) is 0 Å². The van der Waals surface area contributed by atoms with Gasteiger partial charge in [0.05, 0.1) is 6.42 Å². The predicted molar refractivity (Wildman–Crippen MR) is 67.9 cm³/mol. The molecule has 1 rings (SSSR count). The Morgan fingerprint density at radius 1 is 1.35 bits per heavy atom. The Kier molecular flexibility index (Phi) is 5.49. The second kappa shape index (κ2) is 6.91. The van der Waals surface area contributed by atoms with Crippen LogP contribution in [0.1, 0.15) is 12.5 Å². The van der Waals surface area contributed by atoms with Crippen molar-refractivity contribution in [3.05, 3.63) is 29.8 Å². The molecular weight excluding hydrogens is 216 g/mol. The van der Waals surface area contributed by atoms with E-state index in [0.717, 1.165) is 6.54 Å². The highest BCUT2D eigenvalue weighted by Gasteiger charge is 2.08. The van der Waals surface area contributed by atoms with Gasteiger partial charge in [0.25, 0.3) is 0 Å². The fraction of sp³-hybridized carbons (Fsp3) is 0.462. The first-order valence-electron chi connectivity index (χ1n) is 5.81. The lowest BCUT2D eigenvalue weighted by molar-refractivity contribution is -0.120. The van der Waals surface area contributed by atoms with Gasteiger partial charge in [-0.15, -0.1) is 0 Å². The van der Waals surface area contributed by atoms with Gasteiger partial charge >= 0.3 is 0 Å². The van der Waals surface area contributed by atoms with E-state index in [-0.39, 0.29) is 18.1 Å². The first-order chi connectivity index (χ1) is 8.13. The number of hydrogen-bond acceptors (Lipinski definition) is 3. The lowest BCUT2D eigenvalue weighted by Gasteiger charge is -2.12. The van der Waals surface area contributed by atoms with Crippen LogP contribution in [-0.4, -0.2) is 31.2 Å². The van der Waals surface area contributed by atoms with E-state index in [9.17, 15) is 9.90 Å². The number of rotatable bonds is 6. The monoisotopic (exact) mass is 236 g/mol. The van der Waals surface area contributed by atoms with E-state index in [1.54, 1.807) is 18.2 Å². The molecule has 0 spiro atoms. The van der Waals surface area contributed by atoms with Crippen LogP contribution in [0.4, 0.5) is 0 Å². The molecule has 94 valence electrons. The van der Waals surface area contributed by atoms with Crippen molar-refractivity contribution in [2.24, 2.45) is 5.92 Å². The maximum absolute atomic E-state index is 11.6. The van der Waals surface area contributed by atoms with Gasteiger partial charge in [-0.05, 0) is 25.6 Å². The molecule has 17 heavy (non-hydrogen) atoms. The summed E-state index contributed by atoms with van der Waals surface area (Å²) >= 11 is 0. The van der Waals surface area contributed by atoms with Crippen LogP contribution in [0.3, 0.4) is 0 Å². The highest BCUT2D eigenvalue weighted by Crippen LogP contribution is 2.15. The van der Waals surface area contributed by atoms with Crippen molar-refractivity contribution in [2.45, 2.75) is 13.3 Å². The molecule has 0 saturated carbocycles. The highest BCUT2D eigenvalue weighted by molar-refractivity contribution is 5.79. The smallest absolute Gasteiger partial charge is 0.224 e. The molecule has 4 nitrogen and oxygen atoms in total. The standard InChI is InChI=1S/C13H20N2O2/c1-10(8-14-2)9-15-13(17)7-11-5-3-4-6-12(11)16/h3-6,10,14,16H,7-9H2,1-2H3,(H,15,17). The fourth-order valence-electron chi connectivity index (χ4n) is 1.60. The van der Waals surface area contributed by atoms with Crippen LogP contribution in [0.5, 0.6) is 5.75 Å². The summed E-state index contributed by atoms with van der Waals surface area (Å²) in [4.78, 5) is 11.6. The van der Waals surface area contributed by atoms with Crippen LogP contribution >= 0.6 is 0 Å². The second-order valence-corrected chi connectivity index (χ2v) is 4.27. The number of nitrogens with one attached hydrogen (secondary N) is 2. The third kappa shape index (κ3) is 4.87. The van der Waals surface area contributed by atoms with Crippen LogP contribution in [0, 0.1) is 5.92 Å². The molecule has 1 aromatic carbocycles. The number of hydrogen-bond donors (Lipinski definition) is 3. The van der Waals surface area contributed by atoms with Gasteiger partial charge in [0, 0.05) is 12.1 Å². The molecule has 0 aliphatic carbocycles. The third-order valence-corrected chi connectivity index (χ3v) is 2.54. The quantitative estimate of drug-likeness (QED) is 0.688. The first-order valence-corrected chi connectivity index (χ1v) is 5.81. The molecule has 0 bridgehead atoms. The summed E-state index contributed by atoms with van der Waals surface area (Å²) in [6.45, 7) is 3.58. The molecule has 1 amide bonds. The fourth-order valence-corrected chi connectivity index (χ4v) is 1.60. The maximum Gasteiger partial charge on any atom is 0.224 e. The third-order valence-electron chi connectivity index (χ3n) is 2.54. The molecule has 0 heterocycles. The number of amides is 1. The number of phenolic OH excluding ortho intramolecular Hbond substituents is 1. The zero-order valence-corrected chi connectivity index (χ0v) is 10.4. The van der Waals surface area contributed by atoms with E-state index in [2.05, 4.69) is 17.6 Å². The Bertz CT molecular complexity index is 366. The number of para-hydroxylation sites is 1. The van der Waals surface area contributed by atoms with E-state index in [4.69, 9.17) is 0 Å². The molecule has 0 fully saturated rings. The van der Waals surface area contributed by atoms with E-state index < -0.39 is 0 Å². The minimum atomic E-state index is -0.0607. The summed E-state index contributed by atoms with van der Waals surface area (Å²) in [5.74, 6) is 0.508. The lowest BCUT2D eigenvalue weighted by atomic mass is 10.1. The van der Waals surface area contributed by atoms with Crippen molar-refractivity contribution in [3.8, 4) is 5.75 Å². The van der Waals surface area contributed by atoms with Crippen LogP contribution in [0.2, 0.25) is 0 Å². The molecule has 3 N–H and O–H groups in total. The van der Waals surface area contributed by atoms with Crippen molar-refractivity contribution < 1.29 is 9.90 Å². The van der Waals surface area contributed by atoms with Gasteiger partial charge in [0.1, 0.15) is 5.75 Å². The largest absolute Gasteiger partial charge is 0.508 e. The number of phenols is 1. The zero-order valence-electron chi connectivity index (χ0n) is 10.4. The van der Waals surface area contributed by atoms with Gasteiger partial charge in [0.2, 0.25) is 5.91 Å². The van der Waals surface area contributed by atoms with E-state index >= 15 is 0 Å². The molecule has 0 radical (unpaired) electrons. The Hall–Kier alpha value is -1.55. The summed E-state index contributed by atoms with van der Waals surface area (Å²) in [6.07, 6.45) is 0.221. The van der Waals surface area contributed by atoms with E-state index in [1.807, 2.05) is 13.1 Å². The van der Waals surface area contributed by atoms with Crippen LogP contribution in [0.15, 0.2) is 24.3 Å². The minimum Gasteiger partial charge on any atom is -0.508 e. The Morgan fingerprint density at radius 3 is 2.71 bits per heavy atom. The number of carbonyl (C=O) groups excluding carboxylic acids is 1. The van der Waals surface area contributed by atoms with Gasteiger partial charge in [0.15, 0.2) is 0 Å². The summed E-state index contributed by atoms with van der Waals surface area (Å²) in [6, 6.07) is 6.90.